The lowest BCUT2D eigenvalue weighted by Gasteiger charge is -2.36. The minimum Gasteiger partial charge on any atom is -0.424 e. The van der Waals surface area contributed by atoms with E-state index in [9.17, 15) is 5.11 Å². The van der Waals surface area contributed by atoms with Gasteiger partial charge in [-0.05, 0) is 50.7 Å². The second kappa shape index (κ2) is 10.7. The third-order valence-corrected chi connectivity index (χ3v) is 6.72. The molecule has 2 aromatic heterocycles. The Morgan fingerprint density at radius 2 is 1.88 bits per heavy atom. The summed E-state index contributed by atoms with van der Waals surface area (Å²) in [5.74, 6) is 1.08. The molecule has 1 fully saturated rings. The molecule has 1 aliphatic heterocycles. The normalized spacial score (nSPS) is 17.4. The summed E-state index contributed by atoms with van der Waals surface area (Å²) in [6, 6.07) is 9.65. The quantitative estimate of drug-likeness (QED) is 0.379. The molecule has 33 heavy (non-hydrogen) atoms. The van der Waals surface area contributed by atoms with Crippen molar-refractivity contribution in [1.82, 2.24) is 20.2 Å². The van der Waals surface area contributed by atoms with Gasteiger partial charge in [0, 0.05) is 58.2 Å². The van der Waals surface area contributed by atoms with Gasteiger partial charge in [-0.15, -0.1) is 0 Å². The molecule has 1 aromatic carbocycles. The lowest BCUT2D eigenvalue weighted by Crippen LogP contribution is -2.49. The molecule has 0 amide bonds. The van der Waals surface area contributed by atoms with Crippen LogP contribution in [0.2, 0.25) is 0 Å². The molecular weight excluding hydrogens is 414 g/mol. The van der Waals surface area contributed by atoms with Crippen molar-refractivity contribution < 1.29 is 12.4 Å². The highest BCUT2D eigenvalue weighted by Gasteiger charge is 2.24. The number of para-hydroxylation sites is 1. The van der Waals surface area contributed by atoms with Gasteiger partial charge in [0.2, 0.25) is 0 Å². The van der Waals surface area contributed by atoms with E-state index in [1.165, 1.54) is 10.9 Å². The summed E-state index contributed by atoms with van der Waals surface area (Å²) in [6.45, 7) is 12.7. The number of rotatable bonds is 10. The van der Waals surface area contributed by atoms with Gasteiger partial charge in [-0.25, -0.2) is 4.98 Å². The number of aliphatic hydroxyl groups excluding tert-OH is 1. The smallest absolute Gasteiger partial charge is 0.297 e. The lowest BCUT2D eigenvalue weighted by atomic mass is 9.97. The van der Waals surface area contributed by atoms with Crippen molar-refractivity contribution >= 4 is 16.9 Å². The molecule has 3 N–H and O–H groups in total. The summed E-state index contributed by atoms with van der Waals surface area (Å²) in [4.78, 5) is 12.5. The zero-order valence-electron chi connectivity index (χ0n) is 20.4. The summed E-state index contributed by atoms with van der Waals surface area (Å²) in [5, 5.41) is 15.6. The van der Waals surface area contributed by atoms with Crippen LogP contribution in [0.1, 0.15) is 60.9 Å². The molecule has 3 heterocycles. The van der Waals surface area contributed by atoms with Crippen LogP contribution in [0, 0.1) is 5.92 Å². The number of fused-ring (bicyclic) bond motifs is 1. The number of aromatic amines is 1. The SMILES string of the molecule is CC(C)CCC(Cc1c[nH]c2ccccc12)NC(O)c1cnc(N2CCN(C(C)C)CC2)o1.[HH].[HH]. The summed E-state index contributed by atoms with van der Waals surface area (Å²) in [6.07, 6.45) is 5.77. The second-order valence-electron chi connectivity index (χ2n) is 9.96. The molecule has 7 heteroatoms. The van der Waals surface area contributed by atoms with Crippen LogP contribution in [0.3, 0.4) is 0 Å². The maximum atomic E-state index is 10.9. The first-order valence-corrected chi connectivity index (χ1v) is 12.3. The summed E-state index contributed by atoms with van der Waals surface area (Å²) >= 11 is 0. The Kier molecular flexibility index (Phi) is 7.73. The lowest BCUT2D eigenvalue weighted by molar-refractivity contribution is 0.0967. The van der Waals surface area contributed by atoms with E-state index in [1.54, 1.807) is 6.20 Å². The van der Waals surface area contributed by atoms with E-state index in [-0.39, 0.29) is 8.90 Å². The van der Waals surface area contributed by atoms with E-state index in [0.29, 0.717) is 23.7 Å². The average molecular weight is 458 g/mol. The molecule has 0 spiro atoms. The highest BCUT2D eigenvalue weighted by atomic mass is 16.4. The van der Waals surface area contributed by atoms with Crippen LogP contribution in [-0.4, -0.2) is 58.2 Å². The Balaban J connectivity index is 0.00000216. The number of anilines is 1. The molecule has 2 unspecified atom stereocenters. The van der Waals surface area contributed by atoms with E-state index in [1.807, 2.05) is 6.07 Å². The van der Waals surface area contributed by atoms with Crippen LogP contribution in [0.15, 0.2) is 41.1 Å². The van der Waals surface area contributed by atoms with Gasteiger partial charge < -0.3 is 19.4 Å². The molecule has 1 saturated heterocycles. The van der Waals surface area contributed by atoms with Crippen molar-refractivity contribution in [2.24, 2.45) is 5.92 Å². The van der Waals surface area contributed by atoms with E-state index in [4.69, 9.17) is 4.42 Å². The van der Waals surface area contributed by atoms with Crippen molar-refractivity contribution in [2.75, 3.05) is 31.1 Å². The van der Waals surface area contributed by atoms with Crippen molar-refractivity contribution in [3.8, 4) is 0 Å². The number of H-pyrrole nitrogens is 1. The molecule has 0 bridgehead atoms. The van der Waals surface area contributed by atoms with Crippen LogP contribution in [0.25, 0.3) is 10.9 Å². The number of piperazine rings is 1. The maximum absolute atomic E-state index is 10.9. The monoisotopic (exact) mass is 457 g/mol. The summed E-state index contributed by atoms with van der Waals surface area (Å²) < 4.78 is 5.99. The van der Waals surface area contributed by atoms with Gasteiger partial charge in [-0.3, -0.25) is 10.2 Å². The molecule has 1 aliphatic rings. The number of aliphatic hydroxyl groups is 1. The molecule has 184 valence electrons. The van der Waals surface area contributed by atoms with E-state index < -0.39 is 6.23 Å². The van der Waals surface area contributed by atoms with Crippen molar-refractivity contribution in [1.29, 1.82) is 0 Å². The van der Waals surface area contributed by atoms with Crippen molar-refractivity contribution in [3.63, 3.8) is 0 Å². The molecule has 2 atom stereocenters. The van der Waals surface area contributed by atoms with E-state index >= 15 is 0 Å². The van der Waals surface area contributed by atoms with E-state index in [2.05, 4.69) is 77.2 Å². The zero-order chi connectivity index (χ0) is 23.4. The maximum Gasteiger partial charge on any atom is 0.297 e. The van der Waals surface area contributed by atoms with Gasteiger partial charge in [0.1, 0.15) is 0 Å². The average Bonchev–Trinajstić information content (AvgIpc) is 3.45. The second-order valence-corrected chi connectivity index (χ2v) is 9.96. The van der Waals surface area contributed by atoms with Gasteiger partial charge in [0.15, 0.2) is 12.0 Å². The Bertz CT molecular complexity index is 1010. The Morgan fingerprint density at radius 1 is 1.12 bits per heavy atom. The first-order valence-electron chi connectivity index (χ1n) is 12.3. The first kappa shape index (κ1) is 23.8. The van der Waals surface area contributed by atoms with Gasteiger partial charge >= 0.3 is 0 Å². The van der Waals surface area contributed by atoms with Crippen molar-refractivity contribution in [3.05, 3.63) is 48.0 Å². The third-order valence-electron chi connectivity index (χ3n) is 6.72. The number of hydrogen-bond donors (Lipinski definition) is 3. The Morgan fingerprint density at radius 3 is 2.61 bits per heavy atom. The Hall–Kier alpha value is -2.35. The number of benzene rings is 1. The van der Waals surface area contributed by atoms with Crippen LogP contribution < -0.4 is 10.2 Å². The molecule has 7 nitrogen and oxygen atoms in total. The molecule has 0 aliphatic carbocycles. The van der Waals surface area contributed by atoms with Gasteiger partial charge in [0.05, 0.1) is 6.20 Å². The molecule has 3 aromatic rings. The van der Waals surface area contributed by atoms with Crippen molar-refractivity contribution in [2.45, 2.75) is 65.3 Å². The van der Waals surface area contributed by atoms with Crippen LogP contribution >= 0.6 is 0 Å². The predicted molar refractivity (Wildman–Crippen MR) is 138 cm³/mol. The van der Waals surface area contributed by atoms with Gasteiger partial charge in [0.25, 0.3) is 6.01 Å². The fraction of sp³-hybridized carbons (Fsp3) is 0.577. The number of hydrogen-bond acceptors (Lipinski definition) is 6. The highest BCUT2D eigenvalue weighted by Crippen LogP contribution is 2.24. The Labute approximate surface area is 200 Å². The minimum atomic E-state index is -0.884. The fourth-order valence-corrected chi connectivity index (χ4v) is 4.63. The van der Waals surface area contributed by atoms with Crippen LogP contribution in [-0.2, 0) is 6.42 Å². The summed E-state index contributed by atoms with van der Waals surface area (Å²) in [7, 11) is 0. The number of oxazole rings is 1. The van der Waals surface area contributed by atoms with Crippen LogP contribution in [0.4, 0.5) is 6.01 Å². The van der Waals surface area contributed by atoms with Crippen LogP contribution in [0.5, 0.6) is 0 Å². The van der Waals surface area contributed by atoms with Gasteiger partial charge in [-0.2, -0.15) is 0 Å². The zero-order valence-corrected chi connectivity index (χ0v) is 20.4. The molecule has 0 saturated carbocycles. The number of nitrogens with one attached hydrogen (secondary N) is 2. The molecule has 0 radical (unpaired) electrons. The highest BCUT2D eigenvalue weighted by molar-refractivity contribution is 5.83. The topological polar surface area (TPSA) is 80.6 Å². The summed E-state index contributed by atoms with van der Waals surface area (Å²) in [5.41, 5.74) is 2.41. The molecular formula is C26H43N5O2. The number of nitrogens with zero attached hydrogens (tertiary/aromatic N) is 3. The largest absolute Gasteiger partial charge is 0.424 e. The molecule has 4 rings (SSSR count). The van der Waals surface area contributed by atoms with Gasteiger partial charge in [-0.1, -0.05) is 32.0 Å². The minimum absolute atomic E-state index is 0. The predicted octanol–water partition coefficient (Wildman–Crippen LogP) is 4.81. The van der Waals surface area contributed by atoms with E-state index in [0.717, 1.165) is 51.0 Å². The number of aromatic nitrogens is 2. The standard InChI is InChI=1S/C26H39N5O2.2H2/c1-18(2)9-10-21(15-20-16-27-23-8-6-5-7-22(20)23)29-25(32)24-17-28-26(33-24)31-13-11-30(12-14-31)19(3)4;;/h5-8,16-19,21,25,27,29,32H,9-15H2,1-4H3;2*1H. The third kappa shape index (κ3) is 5.96. The first-order chi connectivity index (χ1) is 15.9. The fourth-order valence-electron chi connectivity index (χ4n) is 4.63.